The SMILES string of the molecule is CC.CC.CCCOCCOCCOCCNC(=O)CCC. The molecule has 0 aliphatic carbocycles. The van der Waals surface area contributed by atoms with E-state index in [0.717, 1.165) is 19.4 Å². The van der Waals surface area contributed by atoms with Crippen LogP contribution >= 0.6 is 0 Å². The first-order valence-electron chi connectivity index (χ1n) is 8.81. The smallest absolute Gasteiger partial charge is 0.220 e. The van der Waals surface area contributed by atoms with Gasteiger partial charge in [0.25, 0.3) is 0 Å². The lowest BCUT2D eigenvalue weighted by Crippen LogP contribution is -2.27. The van der Waals surface area contributed by atoms with Crippen molar-refractivity contribution in [3.8, 4) is 0 Å². The number of rotatable bonds is 13. The molecule has 0 atom stereocenters. The Bertz CT molecular complexity index is 189. The van der Waals surface area contributed by atoms with Crippen LogP contribution < -0.4 is 5.32 Å². The van der Waals surface area contributed by atoms with Gasteiger partial charge in [-0.15, -0.1) is 0 Å². The van der Waals surface area contributed by atoms with Crippen LogP contribution in [0.2, 0.25) is 0 Å². The van der Waals surface area contributed by atoms with Gasteiger partial charge in [-0.3, -0.25) is 4.79 Å². The summed E-state index contributed by atoms with van der Waals surface area (Å²) in [5.41, 5.74) is 0. The van der Waals surface area contributed by atoms with E-state index in [-0.39, 0.29) is 5.91 Å². The first-order valence-corrected chi connectivity index (χ1v) is 8.81. The highest BCUT2D eigenvalue weighted by Crippen LogP contribution is 1.85. The average Bonchev–Trinajstić information content (AvgIpc) is 2.56. The Morgan fingerprint density at radius 2 is 1.18 bits per heavy atom. The van der Waals surface area contributed by atoms with Crippen LogP contribution in [-0.4, -0.2) is 52.1 Å². The third kappa shape index (κ3) is 27.7. The van der Waals surface area contributed by atoms with Crippen molar-refractivity contribution in [2.75, 3.05) is 46.2 Å². The third-order valence-electron chi connectivity index (χ3n) is 2.14. The molecular weight excluding hydrogens is 282 g/mol. The van der Waals surface area contributed by atoms with E-state index in [9.17, 15) is 4.79 Å². The maximum atomic E-state index is 11.1. The van der Waals surface area contributed by atoms with E-state index in [1.54, 1.807) is 0 Å². The molecule has 0 aromatic carbocycles. The van der Waals surface area contributed by atoms with Gasteiger partial charge in [0.1, 0.15) is 0 Å². The number of ether oxygens (including phenoxy) is 3. The van der Waals surface area contributed by atoms with Crippen molar-refractivity contribution >= 4 is 5.91 Å². The Kier molecular flexibility index (Phi) is 34.0. The molecule has 0 heterocycles. The van der Waals surface area contributed by atoms with Gasteiger partial charge < -0.3 is 19.5 Å². The molecule has 0 radical (unpaired) electrons. The highest BCUT2D eigenvalue weighted by Gasteiger charge is 1.97. The van der Waals surface area contributed by atoms with E-state index < -0.39 is 0 Å². The number of carbonyl (C=O) groups is 1. The molecule has 0 aromatic rings. The fraction of sp³-hybridized carbons (Fsp3) is 0.941. The van der Waals surface area contributed by atoms with Gasteiger partial charge in [0.15, 0.2) is 0 Å². The Morgan fingerprint density at radius 1 is 0.727 bits per heavy atom. The fourth-order valence-electron chi connectivity index (χ4n) is 1.26. The summed E-state index contributed by atoms with van der Waals surface area (Å²) in [7, 11) is 0. The number of hydrogen-bond donors (Lipinski definition) is 1. The Balaban J connectivity index is -0.000000826. The predicted octanol–water partition coefficient (Wildman–Crippen LogP) is 3.41. The van der Waals surface area contributed by atoms with Crippen LogP contribution in [0.15, 0.2) is 0 Å². The average molecular weight is 322 g/mol. The van der Waals surface area contributed by atoms with Gasteiger partial charge >= 0.3 is 0 Å². The van der Waals surface area contributed by atoms with Gasteiger partial charge in [-0.2, -0.15) is 0 Å². The lowest BCUT2D eigenvalue weighted by Gasteiger charge is -2.07. The molecular formula is C17H39NO4. The van der Waals surface area contributed by atoms with Crippen molar-refractivity contribution in [3.63, 3.8) is 0 Å². The van der Waals surface area contributed by atoms with Gasteiger partial charge in [0.05, 0.1) is 33.0 Å². The van der Waals surface area contributed by atoms with Crippen molar-refractivity contribution in [2.45, 2.75) is 60.8 Å². The van der Waals surface area contributed by atoms with Crippen LogP contribution in [0.1, 0.15) is 60.8 Å². The molecule has 22 heavy (non-hydrogen) atoms. The maximum Gasteiger partial charge on any atom is 0.220 e. The van der Waals surface area contributed by atoms with Gasteiger partial charge in [0, 0.05) is 19.6 Å². The van der Waals surface area contributed by atoms with Crippen molar-refractivity contribution in [2.24, 2.45) is 0 Å². The summed E-state index contributed by atoms with van der Waals surface area (Å²) in [5.74, 6) is 0.0884. The molecule has 0 aliphatic heterocycles. The quantitative estimate of drug-likeness (QED) is 0.528. The standard InChI is InChI=1S/C13H27NO4.2C2H6/c1-3-5-13(15)14-6-8-17-10-12-18-11-9-16-7-4-2;2*1-2/h3-12H2,1-2H3,(H,14,15);2*1-2H3. The first-order chi connectivity index (χ1) is 10.8. The van der Waals surface area contributed by atoms with Crippen LogP contribution in [-0.2, 0) is 19.0 Å². The molecule has 0 unspecified atom stereocenters. The summed E-state index contributed by atoms with van der Waals surface area (Å²) in [5, 5.41) is 2.78. The van der Waals surface area contributed by atoms with E-state index in [2.05, 4.69) is 12.2 Å². The molecule has 0 aromatic heterocycles. The first kappa shape index (κ1) is 26.3. The monoisotopic (exact) mass is 321 g/mol. The normalized spacial score (nSPS) is 9.18. The van der Waals surface area contributed by atoms with Gasteiger partial charge in [-0.1, -0.05) is 41.5 Å². The summed E-state index contributed by atoms with van der Waals surface area (Å²) in [6, 6.07) is 0. The zero-order chi connectivity index (χ0) is 17.5. The van der Waals surface area contributed by atoms with E-state index in [1.807, 2.05) is 34.6 Å². The van der Waals surface area contributed by atoms with E-state index in [4.69, 9.17) is 14.2 Å². The second kappa shape index (κ2) is 28.5. The lowest BCUT2D eigenvalue weighted by molar-refractivity contribution is -0.121. The molecule has 0 rings (SSSR count). The molecule has 0 fully saturated rings. The Hall–Kier alpha value is -0.650. The van der Waals surface area contributed by atoms with Crippen LogP contribution in [0.4, 0.5) is 0 Å². The van der Waals surface area contributed by atoms with Crippen molar-refractivity contribution in [1.29, 1.82) is 0 Å². The minimum Gasteiger partial charge on any atom is -0.379 e. The minimum atomic E-state index is 0.0884. The number of carbonyl (C=O) groups excluding carboxylic acids is 1. The van der Waals surface area contributed by atoms with Crippen molar-refractivity contribution in [3.05, 3.63) is 0 Å². The van der Waals surface area contributed by atoms with E-state index >= 15 is 0 Å². The molecule has 136 valence electrons. The highest BCUT2D eigenvalue weighted by atomic mass is 16.5. The lowest BCUT2D eigenvalue weighted by atomic mass is 10.3. The Morgan fingerprint density at radius 3 is 1.64 bits per heavy atom. The van der Waals surface area contributed by atoms with Gasteiger partial charge in [-0.05, 0) is 12.8 Å². The predicted molar refractivity (Wildman–Crippen MR) is 93.4 cm³/mol. The number of amides is 1. The zero-order valence-electron chi connectivity index (χ0n) is 15.7. The van der Waals surface area contributed by atoms with Gasteiger partial charge in [-0.25, -0.2) is 0 Å². The molecule has 0 saturated heterocycles. The van der Waals surface area contributed by atoms with Gasteiger partial charge in [0.2, 0.25) is 5.91 Å². The van der Waals surface area contributed by atoms with Crippen molar-refractivity contribution < 1.29 is 19.0 Å². The second-order valence-corrected chi connectivity index (χ2v) is 3.94. The third-order valence-corrected chi connectivity index (χ3v) is 2.14. The van der Waals surface area contributed by atoms with Crippen LogP contribution in [0.25, 0.3) is 0 Å². The highest BCUT2D eigenvalue weighted by molar-refractivity contribution is 5.75. The molecule has 0 aliphatic rings. The van der Waals surface area contributed by atoms with E-state index in [0.29, 0.717) is 46.0 Å². The second-order valence-electron chi connectivity index (χ2n) is 3.94. The summed E-state index contributed by atoms with van der Waals surface area (Å²) in [6.07, 6.45) is 2.49. The topological polar surface area (TPSA) is 56.8 Å². The molecule has 5 nitrogen and oxygen atoms in total. The minimum absolute atomic E-state index is 0.0884. The maximum absolute atomic E-state index is 11.1. The van der Waals surface area contributed by atoms with Crippen LogP contribution in [0.3, 0.4) is 0 Å². The molecule has 5 heteroatoms. The molecule has 0 spiro atoms. The summed E-state index contributed by atoms with van der Waals surface area (Å²) in [4.78, 5) is 11.1. The summed E-state index contributed by atoms with van der Waals surface area (Å²) < 4.78 is 15.9. The van der Waals surface area contributed by atoms with Crippen molar-refractivity contribution in [1.82, 2.24) is 5.32 Å². The fourth-order valence-corrected chi connectivity index (χ4v) is 1.26. The summed E-state index contributed by atoms with van der Waals surface area (Å²) in [6.45, 7) is 16.3. The zero-order valence-corrected chi connectivity index (χ0v) is 15.7. The summed E-state index contributed by atoms with van der Waals surface area (Å²) >= 11 is 0. The molecule has 1 N–H and O–H groups in total. The van der Waals surface area contributed by atoms with Crippen LogP contribution in [0, 0.1) is 0 Å². The van der Waals surface area contributed by atoms with E-state index in [1.165, 1.54) is 0 Å². The van der Waals surface area contributed by atoms with Crippen LogP contribution in [0.5, 0.6) is 0 Å². The Labute approximate surface area is 138 Å². The molecule has 0 saturated carbocycles. The largest absolute Gasteiger partial charge is 0.379 e. The number of hydrogen-bond acceptors (Lipinski definition) is 4. The number of nitrogens with one attached hydrogen (secondary N) is 1. The molecule has 1 amide bonds. The molecule has 0 bridgehead atoms.